The van der Waals surface area contributed by atoms with Crippen molar-refractivity contribution in [3.05, 3.63) is 29.3 Å². The maximum atomic E-state index is 4.90. The van der Waals surface area contributed by atoms with Gasteiger partial charge in [-0.2, -0.15) is 0 Å². The number of aliphatic imine (C=N–C) groups is 1. The molecular formula is C25H43IN6. The Balaban J connectivity index is 0.00000289. The van der Waals surface area contributed by atoms with Crippen molar-refractivity contribution in [1.29, 1.82) is 0 Å². The number of benzene rings is 1. The molecule has 0 amide bonds. The van der Waals surface area contributed by atoms with Crippen molar-refractivity contribution in [3.63, 3.8) is 0 Å². The molecule has 32 heavy (non-hydrogen) atoms. The van der Waals surface area contributed by atoms with Crippen LogP contribution in [0.5, 0.6) is 0 Å². The number of piperidine rings is 1. The van der Waals surface area contributed by atoms with Gasteiger partial charge in [-0.05, 0) is 63.6 Å². The minimum atomic E-state index is 0. The van der Waals surface area contributed by atoms with Crippen LogP contribution in [-0.4, -0.2) is 86.7 Å². The highest BCUT2D eigenvalue weighted by molar-refractivity contribution is 14.0. The van der Waals surface area contributed by atoms with Gasteiger partial charge in [0.25, 0.3) is 0 Å². The molecule has 2 N–H and O–H groups in total. The van der Waals surface area contributed by atoms with E-state index in [4.69, 9.17) is 4.99 Å². The van der Waals surface area contributed by atoms with Crippen LogP contribution in [0.1, 0.15) is 43.7 Å². The first-order valence-corrected chi connectivity index (χ1v) is 12.5. The summed E-state index contributed by atoms with van der Waals surface area (Å²) in [4.78, 5) is 12.7. The number of hydrogen-bond acceptors (Lipinski definition) is 4. The molecule has 1 aliphatic carbocycles. The fourth-order valence-electron chi connectivity index (χ4n) is 4.96. The molecule has 7 heteroatoms. The minimum absolute atomic E-state index is 0. The molecule has 0 atom stereocenters. The second-order valence-electron chi connectivity index (χ2n) is 9.49. The van der Waals surface area contributed by atoms with E-state index in [9.17, 15) is 0 Å². The van der Waals surface area contributed by atoms with E-state index in [1.165, 1.54) is 55.6 Å². The largest absolute Gasteiger partial charge is 0.369 e. The highest BCUT2D eigenvalue weighted by atomic mass is 127. The maximum absolute atomic E-state index is 4.90. The van der Waals surface area contributed by atoms with Crippen molar-refractivity contribution in [1.82, 2.24) is 20.4 Å². The second kappa shape index (κ2) is 12.4. The van der Waals surface area contributed by atoms with Crippen LogP contribution in [0.2, 0.25) is 0 Å². The molecular weight excluding hydrogens is 511 g/mol. The van der Waals surface area contributed by atoms with Crippen molar-refractivity contribution in [2.45, 2.75) is 58.5 Å². The van der Waals surface area contributed by atoms with Gasteiger partial charge in [0.15, 0.2) is 5.96 Å². The second-order valence-corrected chi connectivity index (χ2v) is 9.49. The van der Waals surface area contributed by atoms with Crippen molar-refractivity contribution in [2.75, 3.05) is 63.8 Å². The molecule has 4 rings (SSSR count). The zero-order valence-corrected chi connectivity index (χ0v) is 22.6. The molecule has 2 aliphatic heterocycles. The highest BCUT2D eigenvalue weighted by Crippen LogP contribution is 2.29. The Labute approximate surface area is 212 Å². The fourth-order valence-corrected chi connectivity index (χ4v) is 4.96. The quantitative estimate of drug-likeness (QED) is 0.308. The molecule has 6 nitrogen and oxygen atoms in total. The minimum Gasteiger partial charge on any atom is -0.369 e. The molecule has 0 radical (unpaired) electrons. The van der Waals surface area contributed by atoms with Gasteiger partial charge in [0, 0.05) is 70.1 Å². The van der Waals surface area contributed by atoms with Crippen LogP contribution in [0.15, 0.2) is 23.2 Å². The Morgan fingerprint density at radius 2 is 1.72 bits per heavy atom. The number of likely N-dealkylation sites (tertiary alicyclic amines) is 1. The highest BCUT2D eigenvalue weighted by Gasteiger charge is 2.31. The van der Waals surface area contributed by atoms with E-state index < -0.39 is 0 Å². The zero-order chi connectivity index (χ0) is 21.6. The first-order valence-electron chi connectivity index (χ1n) is 12.5. The summed E-state index contributed by atoms with van der Waals surface area (Å²) in [6.07, 6.45) is 5.31. The summed E-state index contributed by atoms with van der Waals surface area (Å²) in [7, 11) is 0. The van der Waals surface area contributed by atoms with E-state index in [-0.39, 0.29) is 24.0 Å². The number of guanidine groups is 1. The average Bonchev–Trinajstić information content (AvgIpc) is 3.62. The van der Waals surface area contributed by atoms with Gasteiger partial charge >= 0.3 is 0 Å². The lowest BCUT2D eigenvalue weighted by Gasteiger charge is -2.37. The lowest BCUT2D eigenvalue weighted by atomic mass is 10.1. The molecule has 1 saturated carbocycles. The van der Waals surface area contributed by atoms with Gasteiger partial charge in [0.1, 0.15) is 0 Å². The van der Waals surface area contributed by atoms with Crippen LogP contribution in [0, 0.1) is 13.8 Å². The van der Waals surface area contributed by atoms with Crippen molar-refractivity contribution >= 4 is 35.6 Å². The Hall–Kier alpha value is -1.06. The van der Waals surface area contributed by atoms with Gasteiger partial charge in [-0.3, -0.25) is 9.89 Å². The van der Waals surface area contributed by atoms with Crippen LogP contribution in [0.3, 0.4) is 0 Å². The molecule has 1 aromatic carbocycles. The van der Waals surface area contributed by atoms with Crippen LogP contribution in [-0.2, 0) is 0 Å². The smallest absolute Gasteiger partial charge is 0.191 e. The van der Waals surface area contributed by atoms with Crippen molar-refractivity contribution in [3.8, 4) is 0 Å². The third-order valence-corrected chi connectivity index (χ3v) is 7.25. The summed E-state index contributed by atoms with van der Waals surface area (Å²) < 4.78 is 0. The number of rotatable bonds is 7. The number of nitrogens with zero attached hydrogens (tertiary/aromatic N) is 4. The van der Waals surface area contributed by atoms with Crippen LogP contribution in [0.4, 0.5) is 5.69 Å². The number of anilines is 1. The SMILES string of the molecule is CCNC(=NCCN1CCN(c2cccc(C)c2C)CC1)NC1CCN(C2CC2)CC1.I. The first-order chi connectivity index (χ1) is 15.1. The standard InChI is InChI=1S/C25H42N6.HI/c1-4-26-25(28-22-10-13-30(14-11-22)23-8-9-23)27-12-15-29-16-18-31(19-17-29)24-7-5-6-20(2)21(24)3;/h5-7,22-23H,4,8-19H2,1-3H3,(H2,26,27,28);1H. The Morgan fingerprint density at radius 3 is 2.38 bits per heavy atom. The van der Waals surface area contributed by atoms with Gasteiger partial charge < -0.3 is 20.4 Å². The molecule has 0 unspecified atom stereocenters. The number of hydrogen-bond donors (Lipinski definition) is 2. The number of halogens is 1. The predicted molar refractivity (Wildman–Crippen MR) is 147 cm³/mol. The summed E-state index contributed by atoms with van der Waals surface area (Å²) in [5.74, 6) is 1.00. The molecule has 0 bridgehead atoms. The molecule has 3 fully saturated rings. The van der Waals surface area contributed by atoms with E-state index in [1.807, 2.05) is 0 Å². The number of aryl methyl sites for hydroxylation is 1. The molecule has 1 aromatic rings. The summed E-state index contributed by atoms with van der Waals surface area (Å²) >= 11 is 0. The lowest BCUT2D eigenvalue weighted by molar-refractivity contribution is 0.197. The van der Waals surface area contributed by atoms with Gasteiger partial charge in [-0.15, -0.1) is 24.0 Å². The number of nitrogens with one attached hydrogen (secondary N) is 2. The molecule has 180 valence electrons. The Kier molecular flexibility index (Phi) is 9.92. The topological polar surface area (TPSA) is 46.1 Å². The van der Waals surface area contributed by atoms with E-state index in [1.54, 1.807) is 0 Å². The number of piperazine rings is 1. The van der Waals surface area contributed by atoms with Gasteiger partial charge in [-0.1, -0.05) is 12.1 Å². The predicted octanol–water partition coefficient (Wildman–Crippen LogP) is 3.23. The monoisotopic (exact) mass is 554 g/mol. The molecule has 2 heterocycles. The Morgan fingerprint density at radius 1 is 1.00 bits per heavy atom. The summed E-state index contributed by atoms with van der Waals surface area (Å²) in [5.41, 5.74) is 4.21. The Bertz CT molecular complexity index is 734. The molecule has 2 saturated heterocycles. The van der Waals surface area contributed by atoms with E-state index >= 15 is 0 Å². The van der Waals surface area contributed by atoms with E-state index in [2.05, 4.69) is 64.3 Å². The first kappa shape index (κ1) is 25.6. The fraction of sp³-hybridized carbons (Fsp3) is 0.720. The average molecular weight is 555 g/mol. The third-order valence-electron chi connectivity index (χ3n) is 7.25. The van der Waals surface area contributed by atoms with E-state index in [0.29, 0.717) is 6.04 Å². The summed E-state index contributed by atoms with van der Waals surface area (Å²) in [6.45, 7) is 16.4. The lowest BCUT2D eigenvalue weighted by Crippen LogP contribution is -2.49. The van der Waals surface area contributed by atoms with E-state index in [0.717, 1.165) is 57.8 Å². The summed E-state index contributed by atoms with van der Waals surface area (Å²) in [5, 5.41) is 7.15. The normalized spacial score (nSPS) is 21.3. The maximum Gasteiger partial charge on any atom is 0.191 e. The van der Waals surface area contributed by atoms with Gasteiger partial charge in [0.05, 0.1) is 6.54 Å². The van der Waals surface area contributed by atoms with Gasteiger partial charge in [-0.25, -0.2) is 0 Å². The molecule has 3 aliphatic rings. The van der Waals surface area contributed by atoms with Crippen molar-refractivity contribution in [2.24, 2.45) is 4.99 Å². The summed E-state index contributed by atoms with van der Waals surface area (Å²) in [6, 6.07) is 8.13. The van der Waals surface area contributed by atoms with Crippen molar-refractivity contribution < 1.29 is 0 Å². The molecule has 0 spiro atoms. The van der Waals surface area contributed by atoms with Crippen LogP contribution in [0.25, 0.3) is 0 Å². The zero-order valence-electron chi connectivity index (χ0n) is 20.3. The molecule has 0 aromatic heterocycles. The van der Waals surface area contributed by atoms with Crippen LogP contribution >= 0.6 is 24.0 Å². The third kappa shape index (κ3) is 6.97. The van der Waals surface area contributed by atoms with Crippen LogP contribution < -0.4 is 15.5 Å². The van der Waals surface area contributed by atoms with Gasteiger partial charge in [0.2, 0.25) is 0 Å².